The second-order valence-corrected chi connectivity index (χ2v) is 4.07. The van der Waals surface area contributed by atoms with E-state index in [9.17, 15) is 0 Å². The molecule has 2 aromatic carbocycles. The summed E-state index contributed by atoms with van der Waals surface area (Å²) < 4.78 is 53.6. The maximum Gasteiger partial charge on any atom is 0.118 e. The molecule has 19 heavy (non-hydrogen) atoms. The van der Waals surface area contributed by atoms with Crippen LogP contribution in [0.2, 0.25) is 0 Å². The number of benzene rings is 2. The molecule has 2 nitrogen and oxygen atoms in total. The molecular weight excluding hydrogens is 234 g/mol. The zero-order chi connectivity index (χ0) is 18.7. The van der Waals surface area contributed by atoms with Crippen molar-refractivity contribution in [3.05, 3.63) is 65.7 Å². The third-order valence-corrected chi connectivity index (χ3v) is 2.67. The van der Waals surface area contributed by atoms with E-state index in [4.69, 9.17) is 13.0 Å². The van der Waals surface area contributed by atoms with Crippen LogP contribution in [0, 0.1) is 0 Å². The Morgan fingerprint density at radius 3 is 2.53 bits per heavy atom. The van der Waals surface area contributed by atoms with E-state index >= 15 is 0 Å². The number of hydrogen-bond donors (Lipinski definition) is 1. The van der Waals surface area contributed by atoms with Crippen molar-refractivity contribution >= 4 is 0 Å². The van der Waals surface area contributed by atoms with Gasteiger partial charge in [0.15, 0.2) is 0 Å². The largest absolute Gasteiger partial charge is 0.497 e. The molecule has 0 spiro atoms. The summed E-state index contributed by atoms with van der Waals surface area (Å²) in [5.74, 6) is 0.529. The molecule has 0 aromatic heterocycles. The van der Waals surface area contributed by atoms with Crippen molar-refractivity contribution in [1.29, 1.82) is 0 Å². The minimum Gasteiger partial charge on any atom is -0.497 e. The summed E-state index contributed by atoms with van der Waals surface area (Å²) in [6.07, 6.45) is -2.46. The summed E-state index contributed by atoms with van der Waals surface area (Å²) in [6, 6.07) is 12.5. The Bertz CT molecular complexity index is 687. The van der Waals surface area contributed by atoms with Gasteiger partial charge in [-0.05, 0) is 36.5 Å². The van der Waals surface area contributed by atoms with Gasteiger partial charge in [0.2, 0.25) is 0 Å². The zero-order valence-electron chi connectivity index (χ0n) is 16.8. The topological polar surface area (TPSA) is 21.3 Å². The van der Waals surface area contributed by atoms with Crippen molar-refractivity contribution in [2.75, 3.05) is 7.11 Å². The number of hydrogen-bond acceptors (Lipinski definition) is 2. The van der Waals surface area contributed by atoms with Gasteiger partial charge in [0.1, 0.15) is 5.75 Å². The van der Waals surface area contributed by atoms with Crippen molar-refractivity contribution in [2.45, 2.75) is 25.8 Å². The van der Waals surface area contributed by atoms with Crippen LogP contribution in [0.4, 0.5) is 0 Å². The molecule has 0 aliphatic heterocycles. The van der Waals surface area contributed by atoms with Gasteiger partial charge in [-0.25, -0.2) is 0 Å². The monoisotopic (exact) mass is 261 g/mol. The van der Waals surface area contributed by atoms with Crippen molar-refractivity contribution < 1.29 is 13.0 Å². The SMILES string of the molecule is [2H]C([2H])([2H])C([2H])(NCc1ccccc1)C([2H])([2H])c1ccc(OC)cc1. The molecule has 0 saturated carbocycles. The fourth-order valence-corrected chi connectivity index (χ4v) is 1.65. The molecule has 0 heterocycles. The Morgan fingerprint density at radius 1 is 1.16 bits per heavy atom. The van der Waals surface area contributed by atoms with Crippen LogP contribution in [0.15, 0.2) is 54.6 Å². The van der Waals surface area contributed by atoms with E-state index in [0.29, 0.717) is 5.75 Å². The average Bonchev–Trinajstić information content (AvgIpc) is 2.59. The van der Waals surface area contributed by atoms with Crippen LogP contribution < -0.4 is 10.1 Å². The summed E-state index contributed by atoms with van der Waals surface area (Å²) in [6.45, 7) is -2.82. The number of rotatable bonds is 6. The summed E-state index contributed by atoms with van der Waals surface area (Å²) in [5.41, 5.74) is 0.869. The molecule has 0 fully saturated rings. The van der Waals surface area contributed by atoms with Crippen LogP contribution in [0.3, 0.4) is 0 Å². The molecule has 1 unspecified atom stereocenters. The van der Waals surface area contributed by atoms with Gasteiger partial charge in [0.05, 0.1) is 7.11 Å². The summed E-state index contributed by atoms with van der Waals surface area (Å²) in [5, 5.41) is 2.62. The number of nitrogens with one attached hydrogen (secondary N) is 1. The standard InChI is InChI=1S/C17H21NO/c1-14(18-13-16-6-4-3-5-7-16)12-15-8-10-17(19-2)11-9-15/h3-11,14,18H,12-13H2,1-2H3/i1D3,12D2,14D. The van der Waals surface area contributed by atoms with E-state index in [-0.39, 0.29) is 12.1 Å². The van der Waals surface area contributed by atoms with E-state index in [1.807, 2.05) is 6.07 Å². The second kappa shape index (κ2) is 6.95. The van der Waals surface area contributed by atoms with Crippen molar-refractivity contribution in [2.24, 2.45) is 0 Å². The molecule has 2 rings (SSSR count). The molecule has 2 heteroatoms. The van der Waals surface area contributed by atoms with E-state index in [2.05, 4.69) is 5.32 Å². The molecule has 0 radical (unpaired) electrons. The first-order valence-corrected chi connectivity index (χ1v) is 6.05. The fourth-order valence-electron chi connectivity index (χ4n) is 1.65. The predicted octanol–water partition coefficient (Wildman–Crippen LogP) is 3.42. The Balaban J connectivity index is 2.36. The normalized spacial score (nSPS) is 19.8. The van der Waals surface area contributed by atoms with Crippen molar-refractivity contribution in [1.82, 2.24) is 5.32 Å². The van der Waals surface area contributed by atoms with Gasteiger partial charge in [-0.15, -0.1) is 0 Å². The molecular formula is C17H21NO. The van der Waals surface area contributed by atoms with Crippen LogP contribution in [-0.2, 0) is 12.9 Å². The molecule has 1 N–H and O–H groups in total. The minimum absolute atomic E-state index is 0.0679. The van der Waals surface area contributed by atoms with E-state index in [0.717, 1.165) is 5.56 Å². The van der Waals surface area contributed by atoms with Crippen molar-refractivity contribution in [3.63, 3.8) is 0 Å². The average molecular weight is 261 g/mol. The Morgan fingerprint density at radius 2 is 1.89 bits per heavy atom. The smallest absolute Gasteiger partial charge is 0.118 e. The lowest BCUT2D eigenvalue weighted by atomic mass is 10.1. The first-order chi connectivity index (χ1) is 11.6. The quantitative estimate of drug-likeness (QED) is 0.860. The molecule has 100 valence electrons. The third kappa shape index (κ3) is 4.42. The van der Waals surface area contributed by atoms with Crippen LogP contribution in [0.1, 0.15) is 26.2 Å². The summed E-state index contributed by atoms with van der Waals surface area (Å²) in [7, 11) is 1.49. The molecule has 0 saturated heterocycles. The highest BCUT2D eigenvalue weighted by molar-refractivity contribution is 5.27. The van der Waals surface area contributed by atoms with Gasteiger partial charge >= 0.3 is 0 Å². The number of methoxy groups -OCH3 is 1. The zero-order valence-corrected chi connectivity index (χ0v) is 10.8. The first kappa shape index (κ1) is 7.71. The van der Waals surface area contributed by atoms with Crippen LogP contribution in [0.25, 0.3) is 0 Å². The van der Waals surface area contributed by atoms with Gasteiger partial charge in [0.25, 0.3) is 0 Å². The van der Waals surface area contributed by atoms with Crippen molar-refractivity contribution in [3.8, 4) is 5.75 Å². The van der Waals surface area contributed by atoms with Gasteiger partial charge in [-0.1, -0.05) is 42.5 Å². The van der Waals surface area contributed by atoms with Gasteiger partial charge in [0, 0.05) is 20.8 Å². The summed E-state index contributed by atoms with van der Waals surface area (Å²) >= 11 is 0. The van der Waals surface area contributed by atoms with Crippen LogP contribution in [0.5, 0.6) is 5.75 Å². The van der Waals surface area contributed by atoms with Gasteiger partial charge < -0.3 is 10.1 Å². The highest BCUT2D eigenvalue weighted by Crippen LogP contribution is 2.12. The third-order valence-electron chi connectivity index (χ3n) is 2.67. The maximum atomic E-state index is 8.48. The Hall–Kier alpha value is -1.80. The number of ether oxygens (including phenoxy) is 1. The molecule has 0 aliphatic rings. The fraction of sp³-hybridized carbons (Fsp3) is 0.294. The van der Waals surface area contributed by atoms with E-state index < -0.39 is 19.2 Å². The lowest BCUT2D eigenvalue weighted by Crippen LogP contribution is -2.27. The van der Waals surface area contributed by atoms with Gasteiger partial charge in [-0.3, -0.25) is 0 Å². The highest BCUT2D eigenvalue weighted by atomic mass is 16.5. The van der Waals surface area contributed by atoms with Crippen LogP contribution >= 0.6 is 0 Å². The Labute approximate surface area is 123 Å². The predicted molar refractivity (Wildman–Crippen MR) is 79.4 cm³/mol. The first-order valence-electron chi connectivity index (χ1n) is 9.05. The maximum absolute atomic E-state index is 8.48. The molecule has 0 aliphatic carbocycles. The molecule has 0 bridgehead atoms. The molecule has 1 atom stereocenters. The van der Waals surface area contributed by atoms with Crippen LogP contribution in [-0.4, -0.2) is 13.1 Å². The Kier molecular flexibility index (Phi) is 2.82. The van der Waals surface area contributed by atoms with E-state index in [1.54, 1.807) is 36.4 Å². The highest BCUT2D eigenvalue weighted by Gasteiger charge is 2.03. The molecule has 0 amide bonds. The van der Waals surface area contributed by atoms with E-state index in [1.165, 1.54) is 19.2 Å². The summed E-state index contributed by atoms with van der Waals surface area (Å²) in [4.78, 5) is 0. The molecule has 2 aromatic rings. The lowest BCUT2D eigenvalue weighted by Gasteiger charge is -2.14. The minimum atomic E-state index is -2.88. The van der Waals surface area contributed by atoms with Gasteiger partial charge in [-0.2, -0.15) is 0 Å². The lowest BCUT2D eigenvalue weighted by molar-refractivity contribution is 0.414. The second-order valence-electron chi connectivity index (χ2n) is 4.07.